The molecule has 0 aliphatic carbocycles. The summed E-state index contributed by atoms with van der Waals surface area (Å²) in [7, 11) is 0. The molecule has 0 spiro atoms. The highest BCUT2D eigenvalue weighted by atomic mass is 32.2. The van der Waals surface area contributed by atoms with Crippen molar-refractivity contribution in [3.63, 3.8) is 0 Å². The summed E-state index contributed by atoms with van der Waals surface area (Å²) in [6.45, 7) is 12.9. The van der Waals surface area contributed by atoms with Crippen LogP contribution in [0.5, 0.6) is 0 Å². The van der Waals surface area contributed by atoms with E-state index in [0.717, 1.165) is 4.90 Å². The highest BCUT2D eigenvalue weighted by molar-refractivity contribution is 7.94. The molecule has 9 heteroatoms. The number of hydrogen-bond acceptors (Lipinski definition) is 9. The van der Waals surface area contributed by atoms with Gasteiger partial charge in [0, 0.05) is 16.9 Å². The first kappa shape index (κ1) is 29.8. The van der Waals surface area contributed by atoms with Crippen LogP contribution in [0.4, 0.5) is 0 Å². The van der Waals surface area contributed by atoms with Crippen LogP contribution in [0.15, 0.2) is 29.2 Å². The molecule has 1 aromatic rings. The zero-order valence-electron chi connectivity index (χ0n) is 20.5. The molecule has 0 heterocycles. The maximum Gasteiger partial charge on any atom is 0.308 e. The van der Waals surface area contributed by atoms with Gasteiger partial charge in [-0.15, -0.1) is 0 Å². The topological polar surface area (TPSA) is 81.7 Å². The summed E-state index contributed by atoms with van der Waals surface area (Å²) in [4.78, 5) is 12.6. The van der Waals surface area contributed by atoms with E-state index in [1.165, 1.54) is 17.6 Å². The van der Waals surface area contributed by atoms with Crippen LogP contribution >= 0.6 is 12.0 Å². The molecule has 33 heavy (non-hydrogen) atoms. The smallest absolute Gasteiger partial charge is 0.308 e. The summed E-state index contributed by atoms with van der Waals surface area (Å²) >= 11 is 1.36. The molecule has 0 aliphatic rings. The number of esters is 1. The standard InChI is InChI=1S/C24H40O8S/c1-21-5-7-22(8-6-21)33-31-20-19-30-18-17-29-16-15-28-14-13-27-12-11-26-10-9-23(25)32-24(2,3)4/h5-8H,9-20H2,1-4H3. The first-order chi connectivity index (χ1) is 15.9. The molecule has 0 saturated heterocycles. The van der Waals surface area contributed by atoms with E-state index >= 15 is 0 Å². The molecule has 0 fully saturated rings. The number of benzene rings is 1. The van der Waals surface area contributed by atoms with E-state index in [2.05, 4.69) is 19.1 Å². The molecule has 0 saturated carbocycles. The summed E-state index contributed by atoms with van der Waals surface area (Å²) in [6, 6.07) is 8.19. The molecule has 0 N–H and O–H groups in total. The summed E-state index contributed by atoms with van der Waals surface area (Å²) < 4.78 is 37.8. The molecule has 1 aromatic carbocycles. The molecule has 0 unspecified atom stereocenters. The summed E-state index contributed by atoms with van der Waals surface area (Å²) in [5.41, 5.74) is 0.771. The zero-order valence-corrected chi connectivity index (χ0v) is 21.3. The highest BCUT2D eigenvalue weighted by Gasteiger charge is 2.15. The molecule has 8 nitrogen and oxygen atoms in total. The number of ether oxygens (including phenoxy) is 6. The molecule has 0 aromatic heterocycles. The Morgan fingerprint density at radius 3 is 1.58 bits per heavy atom. The van der Waals surface area contributed by atoms with Crippen molar-refractivity contribution in [2.45, 2.75) is 44.6 Å². The second kappa shape index (κ2) is 19.1. The molecule has 0 radical (unpaired) electrons. The minimum atomic E-state index is -0.462. The number of rotatable bonds is 20. The normalized spacial score (nSPS) is 11.6. The fraction of sp³-hybridized carbons (Fsp3) is 0.708. The van der Waals surface area contributed by atoms with Gasteiger partial charge in [-0.25, -0.2) is 0 Å². The number of hydrogen-bond donors (Lipinski definition) is 0. The molecular weight excluding hydrogens is 448 g/mol. The molecule has 0 bridgehead atoms. The van der Waals surface area contributed by atoms with Crippen LogP contribution in [0, 0.1) is 6.92 Å². The van der Waals surface area contributed by atoms with Crippen LogP contribution in [0.3, 0.4) is 0 Å². The lowest BCUT2D eigenvalue weighted by molar-refractivity contribution is -0.156. The Morgan fingerprint density at radius 2 is 1.12 bits per heavy atom. The monoisotopic (exact) mass is 488 g/mol. The van der Waals surface area contributed by atoms with E-state index in [9.17, 15) is 4.79 Å². The Labute approximate surface area is 202 Å². The third-order valence-corrected chi connectivity index (χ3v) is 4.59. The second-order valence-corrected chi connectivity index (χ2v) is 8.99. The minimum Gasteiger partial charge on any atom is -0.460 e. The van der Waals surface area contributed by atoms with Crippen LogP contribution in [-0.4, -0.2) is 84.2 Å². The van der Waals surface area contributed by atoms with Gasteiger partial charge in [-0.1, -0.05) is 17.7 Å². The lowest BCUT2D eigenvalue weighted by Gasteiger charge is -2.19. The lowest BCUT2D eigenvalue weighted by Crippen LogP contribution is -2.24. The zero-order chi connectivity index (χ0) is 24.2. The van der Waals surface area contributed by atoms with Gasteiger partial charge >= 0.3 is 5.97 Å². The van der Waals surface area contributed by atoms with Crippen molar-refractivity contribution in [1.82, 2.24) is 0 Å². The minimum absolute atomic E-state index is 0.242. The fourth-order valence-corrected chi connectivity index (χ4v) is 2.86. The third-order valence-electron chi connectivity index (χ3n) is 3.85. The van der Waals surface area contributed by atoms with Crippen LogP contribution in [-0.2, 0) is 37.4 Å². The number of carbonyl (C=O) groups is 1. The predicted octanol–water partition coefficient (Wildman–Crippen LogP) is 3.83. The quantitative estimate of drug-likeness (QED) is 0.154. The van der Waals surface area contributed by atoms with Gasteiger partial charge in [-0.2, -0.15) is 0 Å². The van der Waals surface area contributed by atoms with E-state index < -0.39 is 5.60 Å². The van der Waals surface area contributed by atoms with Gasteiger partial charge in [-0.05, 0) is 39.8 Å². The van der Waals surface area contributed by atoms with Crippen molar-refractivity contribution < 1.29 is 37.4 Å². The molecule has 190 valence electrons. The summed E-state index contributed by atoms with van der Waals surface area (Å²) in [6.07, 6.45) is 0.242. The van der Waals surface area contributed by atoms with Gasteiger partial charge in [0.2, 0.25) is 0 Å². The maximum absolute atomic E-state index is 11.5. The SMILES string of the molecule is Cc1ccc(SOCCOCCOCCOCCOCCOCCC(=O)OC(C)(C)C)cc1. The molecule has 1 rings (SSSR count). The number of carbonyl (C=O) groups excluding carboxylic acids is 1. The number of aryl methyl sites for hydroxylation is 1. The van der Waals surface area contributed by atoms with Crippen molar-refractivity contribution in [3.05, 3.63) is 29.8 Å². The van der Waals surface area contributed by atoms with Crippen LogP contribution in [0.2, 0.25) is 0 Å². The van der Waals surface area contributed by atoms with Crippen LogP contribution < -0.4 is 0 Å². The van der Waals surface area contributed by atoms with Crippen LogP contribution in [0.1, 0.15) is 32.8 Å². The van der Waals surface area contributed by atoms with Gasteiger partial charge < -0.3 is 32.6 Å². The van der Waals surface area contributed by atoms with Crippen molar-refractivity contribution in [2.24, 2.45) is 0 Å². The largest absolute Gasteiger partial charge is 0.460 e. The molecule has 0 amide bonds. The van der Waals surface area contributed by atoms with Gasteiger partial charge in [0.1, 0.15) is 5.60 Å². The van der Waals surface area contributed by atoms with Crippen molar-refractivity contribution >= 4 is 18.0 Å². The van der Waals surface area contributed by atoms with Crippen molar-refractivity contribution in [1.29, 1.82) is 0 Å². The first-order valence-electron chi connectivity index (χ1n) is 11.3. The van der Waals surface area contributed by atoms with Gasteiger partial charge in [-0.3, -0.25) is 4.79 Å². The maximum atomic E-state index is 11.5. The van der Waals surface area contributed by atoms with E-state index in [-0.39, 0.29) is 12.4 Å². The average molecular weight is 489 g/mol. The van der Waals surface area contributed by atoms with E-state index in [0.29, 0.717) is 72.7 Å². The first-order valence-corrected chi connectivity index (χ1v) is 12.1. The van der Waals surface area contributed by atoms with E-state index in [1.807, 2.05) is 32.9 Å². The van der Waals surface area contributed by atoms with Gasteiger partial charge in [0.25, 0.3) is 0 Å². The van der Waals surface area contributed by atoms with E-state index in [4.69, 9.17) is 32.6 Å². The summed E-state index contributed by atoms with van der Waals surface area (Å²) in [5.74, 6) is -0.257. The Hall–Kier alpha value is -1.20. The third kappa shape index (κ3) is 19.9. The Bertz CT molecular complexity index is 603. The van der Waals surface area contributed by atoms with Crippen molar-refractivity contribution in [3.8, 4) is 0 Å². The Kier molecular flexibility index (Phi) is 17.3. The second-order valence-electron chi connectivity index (χ2n) is 8.12. The lowest BCUT2D eigenvalue weighted by atomic mass is 10.2. The van der Waals surface area contributed by atoms with Crippen LogP contribution in [0.25, 0.3) is 0 Å². The predicted molar refractivity (Wildman–Crippen MR) is 128 cm³/mol. The Balaban J connectivity index is 1.73. The van der Waals surface area contributed by atoms with Gasteiger partial charge in [0.05, 0.1) is 79.1 Å². The average Bonchev–Trinajstić information content (AvgIpc) is 2.75. The fourth-order valence-electron chi connectivity index (χ4n) is 2.33. The van der Waals surface area contributed by atoms with Crippen molar-refractivity contribution in [2.75, 3.05) is 72.7 Å². The molecular formula is C24H40O8S. The molecule has 0 aliphatic heterocycles. The van der Waals surface area contributed by atoms with Gasteiger partial charge in [0.15, 0.2) is 0 Å². The molecule has 0 atom stereocenters. The summed E-state index contributed by atoms with van der Waals surface area (Å²) in [5, 5.41) is 0. The highest BCUT2D eigenvalue weighted by Crippen LogP contribution is 2.18. The Morgan fingerprint density at radius 1 is 0.697 bits per heavy atom. The van der Waals surface area contributed by atoms with E-state index in [1.54, 1.807) is 0 Å².